The van der Waals surface area contributed by atoms with E-state index in [9.17, 15) is 9.59 Å². The van der Waals surface area contributed by atoms with Gasteiger partial charge in [0.25, 0.3) is 5.91 Å². The summed E-state index contributed by atoms with van der Waals surface area (Å²) in [5, 5.41) is 7.98. The molecule has 0 radical (unpaired) electrons. The van der Waals surface area contributed by atoms with Crippen molar-refractivity contribution in [3.05, 3.63) is 22.4 Å². The number of rotatable bonds is 4. The molecule has 0 aliphatic carbocycles. The third-order valence-electron chi connectivity index (χ3n) is 2.12. The molecule has 2 heterocycles. The van der Waals surface area contributed by atoms with E-state index in [-0.39, 0.29) is 17.3 Å². The highest BCUT2D eigenvalue weighted by Gasteiger charge is 2.17. The SMILES string of the molecule is CCOC(=O)c1nc(C(=O)Nc2ncnn2C)cs1. The van der Waals surface area contributed by atoms with Gasteiger partial charge in [0.15, 0.2) is 0 Å². The molecule has 2 rings (SSSR count). The Bertz CT molecular complexity index is 606. The molecule has 0 saturated carbocycles. The van der Waals surface area contributed by atoms with E-state index in [2.05, 4.69) is 20.4 Å². The summed E-state index contributed by atoms with van der Waals surface area (Å²) in [5.74, 6) is -0.691. The van der Waals surface area contributed by atoms with Crippen molar-refractivity contribution >= 4 is 29.2 Å². The average molecular weight is 281 g/mol. The second-order valence-corrected chi connectivity index (χ2v) is 4.28. The normalized spacial score (nSPS) is 10.2. The summed E-state index contributed by atoms with van der Waals surface area (Å²) in [6.45, 7) is 1.96. The van der Waals surface area contributed by atoms with Crippen molar-refractivity contribution in [1.82, 2.24) is 19.7 Å². The molecule has 0 fully saturated rings. The van der Waals surface area contributed by atoms with Crippen LogP contribution >= 0.6 is 11.3 Å². The molecule has 0 aliphatic rings. The minimum absolute atomic E-state index is 0.135. The first-order valence-electron chi connectivity index (χ1n) is 5.39. The van der Waals surface area contributed by atoms with Crippen molar-refractivity contribution < 1.29 is 14.3 Å². The van der Waals surface area contributed by atoms with E-state index in [4.69, 9.17) is 4.74 Å². The molecule has 1 N–H and O–H groups in total. The van der Waals surface area contributed by atoms with Crippen LogP contribution in [-0.2, 0) is 11.8 Å². The third kappa shape index (κ3) is 2.94. The predicted molar refractivity (Wildman–Crippen MR) is 67.0 cm³/mol. The smallest absolute Gasteiger partial charge is 0.367 e. The second-order valence-electron chi connectivity index (χ2n) is 3.42. The number of hydrogen-bond acceptors (Lipinski definition) is 7. The Morgan fingerprint density at radius 3 is 2.95 bits per heavy atom. The fourth-order valence-corrected chi connectivity index (χ4v) is 1.93. The number of ether oxygens (including phenoxy) is 1. The summed E-state index contributed by atoms with van der Waals surface area (Å²) in [4.78, 5) is 31.0. The number of hydrogen-bond donors (Lipinski definition) is 1. The van der Waals surface area contributed by atoms with Crippen LogP contribution in [0.4, 0.5) is 5.95 Å². The largest absolute Gasteiger partial charge is 0.461 e. The van der Waals surface area contributed by atoms with Crippen LogP contribution in [0.2, 0.25) is 0 Å². The van der Waals surface area contributed by atoms with E-state index in [1.54, 1.807) is 14.0 Å². The molecule has 2 aromatic rings. The standard InChI is InChI=1S/C10H11N5O3S/c1-3-18-9(17)8-13-6(4-19-8)7(16)14-10-11-5-12-15(10)2/h4-5H,3H2,1-2H3,(H,11,12,14,16). The lowest BCUT2D eigenvalue weighted by molar-refractivity contribution is 0.0526. The van der Waals surface area contributed by atoms with E-state index in [1.807, 2.05) is 0 Å². The summed E-state index contributed by atoms with van der Waals surface area (Å²) < 4.78 is 6.21. The van der Waals surface area contributed by atoms with Gasteiger partial charge in [0.05, 0.1) is 6.61 Å². The van der Waals surface area contributed by atoms with Gasteiger partial charge < -0.3 is 4.74 Å². The Morgan fingerprint density at radius 1 is 1.53 bits per heavy atom. The number of anilines is 1. The minimum Gasteiger partial charge on any atom is -0.461 e. The highest BCUT2D eigenvalue weighted by Crippen LogP contribution is 2.12. The summed E-state index contributed by atoms with van der Waals surface area (Å²) >= 11 is 1.05. The quantitative estimate of drug-likeness (QED) is 0.828. The zero-order valence-electron chi connectivity index (χ0n) is 10.3. The van der Waals surface area contributed by atoms with Crippen LogP contribution in [0.15, 0.2) is 11.7 Å². The summed E-state index contributed by atoms with van der Waals surface area (Å²) in [6, 6.07) is 0. The number of aromatic nitrogens is 4. The monoisotopic (exact) mass is 281 g/mol. The first-order chi connectivity index (χ1) is 9.11. The van der Waals surface area contributed by atoms with E-state index < -0.39 is 11.9 Å². The number of aryl methyl sites for hydroxylation is 1. The van der Waals surface area contributed by atoms with Crippen LogP contribution in [0.1, 0.15) is 27.2 Å². The van der Waals surface area contributed by atoms with Crippen molar-refractivity contribution in [3.8, 4) is 0 Å². The van der Waals surface area contributed by atoms with Gasteiger partial charge in [-0.2, -0.15) is 10.1 Å². The summed E-state index contributed by atoms with van der Waals surface area (Å²) in [6.07, 6.45) is 1.32. The lowest BCUT2D eigenvalue weighted by Crippen LogP contribution is -2.16. The molecule has 0 bridgehead atoms. The maximum atomic E-state index is 11.9. The van der Waals surface area contributed by atoms with Crippen LogP contribution in [0, 0.1) is 0 Å². The van der Waals surface area contributed by atoms with Crippen molar-refractivity contribution in [2.45, 2.75) is 6.92 Å². The van der Waals surface area contributed by atoms with Gasteiger partial charge in [0, 0.05) is 12.4 Å². The van der Waals surface area contributed by atoms with Gasteiger partial charge in [-0.25, -0.2) is 14.5 Å². The second kappa shape index (κ2) is 5.57. The Kier molecular flexibility index (Phi) is 3.85. The van der Waals surface area contributed by atoms with Crippen LogP contribution in [0.3, 0.4) is 0 Å². The zero-order chi connectivity index (χ0) is 13.8. The fraction of sp³-hybridized carbons (Fsp3) is 0.300. The van der Waals surface area contributed by atoms with Gasteiger partial charge in [-0.1, -0.05) is 0 Å². The van der Waals surface area contributed by atoms with Gasteiger partial charge in [-0.05, 0) is 6.92 Å². The van der Waals surface area contributed by atoms with Crippen LogP contribution in [0.5, 0.6) is 0 Å². The molecule has 0 atom stereocenters. The van der Waals surface area contributed by atoms with E-state index in [0.717, 1.165) is 11.3 Å². The number of carbonyl (C=O) groups excluding carboxylic acids is 2. The minimum atomic E-state index is -0.537. The van der Waals surface area contributed by atoms with Gasteiger partial charge in [0.2, 0.25) is 11.0 Å². The van der Waals surface area contributed by atoms with Crippen molar-refractivity contribution in [1.29, 1.82) is 0 Å². The molecule has 0 aliphatic heterocycles. The molecule has 19 heavy (non-hydrogen) atoms. The Morgan fingerprint density at radius 2 is 2.32 bits per heavy atom. The van der Waals surface area contributed by atoms with Gasteiger partial charge in [-0.15, -0.1) is 11.3 Å². The van der Waals surface area contributed by atoms with E-state index >= 15 is 0 Å². The van der Waals surface area contributed by atoms with Gasteiger partial charge >= 0.3 is 5.97 Å². The van der Waals surface area contributed by atoms with Crippen molar-refractivity contribution in [3.63, 3.8) is 0 Å². The van der Waals surface area contributed by atoms with Crippen molar-refractivity contribution in [2.24, 2.45) is 7.05 Å². The number of esters is 1. The van der Waals surface area contributed by atoms with E-state index in [0.29, 0.717) is 5.95 Å². The predicted octanol–water partition coefficient (Wildman–Crippen LogP) is 0.701. The number of nitrogens with one attached hydrogen (secondary N) is 1. The lowest BCUT2D eigenvalue weighted by Gasteiger charge is -2.00. The van der Waals surface area contributed by atoms with Crippen molar-refractivity contribution in [2.75, 3.05) is 11.9 Å². The number of thiazole rings is 1. The molecular weight excluding hydrogens is 270 g/mol. The highest BCUT2D eigenvalue weighted by molar-refractivity contribution is 7.11. The number of nitrogens with zero attached hydrogens (tertiary/aromatic N) is 4. The molecule has 2 aromatic heterocycles. The van der Waals surface area contributed by atoms with E-state index in [1.165, 1.54) is 16.4 Å². The maximum Gasteiger partial charge on any atom is 0.367 e. The Hall–Kier alpha value is -2.29. The first kappa shape index (κ1) is 13.1. The molecule has 100 valence electrons. The van der Waals surface area contributed by atoms with Crippen LogP contribution in [-0.4, -0.2) is 38.2 Å². The molecular formula is C10H11N5O3S. The molecule has 9 heteroatoms. The average Bonchev–Trinajstić information content (AvgIpc) is 2.99. The Balaban J connectivity index is 2.08. The molecule has 1 amide bonds. The number of carbonyl (C=O) groups is 2. The summed E-state index contributed by atoms with van der Waals surface area (Å²) in [7, 11) is 1.65. The molecule has 0 saturated heterocycles. The first-order valence-corrected chi connectivity index (χ1v) is 6.27. The van der Waals surface area contributed by atoms with Crippen LogP contribution in [0.25, 0.3) is 0 Å². The summed E-state index contributed by atoms with van der Waals surface area (Å²) in [5.41, 5.74) is 0.135. The molecule has 0 aromatic carbocycles. The highest BCUT2D eigenvalue weighted by atomic mass is 32.1. The molecule has 0 unspecified atom stereocenters. The fourth-order valence-electron chi connectivity index (χ4n) is 1.24. The third-order valence-corrected chi connectivity index (χ3v) is 2.95. The zero-order valence-corrected chi connectivity index (χ0v) is 11.1. The Labute approximate surface area is 112 Å². The van der Waals surface area contributed by atoms with Gasteiger partial charge in [-0.3, -0.25) is 10.1 Å². The maximum absolute atomic E-state index is 11.9. The van der Waals surface area contributed by atoms with Gasteiger partial charge in [0.1, 0.15) is 12.0 Å². The molecule has 0 spiro atoms. The number of amides is 1. The van der Waals surface area contributed by atoms with Crippen LogP contribution < -0.4 is 5.32 Å². The topological polar surface area (TPSA) is 99.0 Å². The lowest BCUT2D eigenvalue weighted by atomic mass is 10.4. The molecule has 8 nitrogen and oxygen atoms in total.